The van der Waals surface area contributed by atoms with E-state index >= 15 is 0 Å². The molecule has 0 spiro atoms. The molecule has 1 heterocycles. The van der Waals surface area contributed by atoms with Crippen LogP contribution in [-0.2, 0) is 9.53 Å². The van der Waals surface area contributed by atoms with Crippen LogP contribution in [0.15, 0.2) is 11.4 Å². The number of nitrogens with one attached hydrogen (secondary N) is 1. The van der Waals surface area contributed by atoms with E-state index in [9.17, 15) is 9.59 Å². The lowest BCUT2D eigenvalue weighted by atomic mass is 9.86. The highest BCUT2D eigenvalue weighted by molar-refractivity contribution is 7.99. The van der Waals surface area contributed by atoms with Gasteiger partial charge in [-0.3, -0.25) is 4.79 Å². The van der Waals surface area contributed by atoms with E-state index < -0.39 is 5.97 Å². The third kappa shape index (κ3) is 5.09. The van der Waals surface area contributed by atoms with Crippen molar-refractivity contribution >= 4 is 29.5 Å². The molecule has 24 heavy (non-hydrogen) atoms. The maximum Gasteiger partial charge on any atom is 0.343 e. The first-order valence-corrected chi connectivity index (χ1v) is 9.21. The van der Waals surface area contributed by atoms with Crippen LogP contribution in [0.2, 0.25) is 0 Å². The average molecular weight is 352 g/mol. The molecule has 7 nitrogen and oxygen atoms in total. The Hall–Kier alpha value is -1.83. The molecule has 0 aromatic carbocycles. The molecule has 0 radical (unpaired) electrons. The summed E-state index contributed by atoms with van der Waals surface area (Å²) < 4.78 is 4.87. The van der Waals surface area contributed by atoms with Crippen molar-refractivity contribution in [2.24, 2.45) is 5.92 Å². The molecule has 1 aliphatic carbocycles. The number of nitrogens with two attached hydrogens (primary N) is 1. The van der Waals surface area contributed by atoms with Gasteiger partial charge in [-0.2, -0.15) is 0 Å². The lowest BCUT2D eigenvalue weighted by Crippen LogP contribution is -2.41. The quantitative estimate of drug-likeness (QED) is 0.458. The Balaban J connectivity index is 1.86. The molecular formula is C16H24N4O3S. The summed E-state index contributed by atoms with van der Waals surface area (Å²) in [5, 5.41) is 3.45. The molecule has 1 amide bonds. The van der Waals surface area contributed by atoms with Crippen LogP contribution in [0.25, 0.3) is 0 Å². The molecule has 1 aliphatic rings. The number of aromatic nitrogens is 2. The molecule has 2 rings (SSSR count). The van der Waals surface area contributed by atoms with E-state index in [-0.39, 0.29) is 35.7 Å². The Morgan fingerprint density at radius 1 is 1.42 bits per heavy atom. The molecule has 0 bridgehead atoms. The van der Waals surface area contributed by atoms with Crippen LogP contribution in [0.5, 0.6) is 0 Å². The second kappa shape index (κ2) is 8.86. The van der Waals surface area contributed by atoms with Crippen LogP contribution < -0.4 is 11.1 Å². The average Bonchev–Trinajstić information content (AvgIpc) is 2.55. The number of rotatable bonds is 6. The number of nitrogens with zero attached hydrogens (tertiary/aromatic N) is 2. The summed E-state index contributed by atoms with van der Waals surface area (Å²) in [5.41, 5.74) is 5.90. The van der Waals surface area contributed by atoms with Gasteiger partial charge in [-0.05, 0) is 25.7 Å². The summed E-state index contributed by atoms with van der Waals surface area (Å²) in [4.78, 5) is 31.9. The topological polar surface area (TPSA) is 107 Å². The zero-order chi connectivity index (χ0) is 17.5. The van der Waals surface area contributed by atoms with E-state index in [2.05, 4.69) is 22.2 Å². The predicted molar refractivity (Wildman–Crippen MR) is 92.7 cm³/mol. The van der Waals surface area contributed by atoms with Crippen molar-refractivity contribution in [3.8, 4) is 0 Å². The van der Waals surface area contributed by atoms with E-state index in [4.69, 9.17) is 10.5 Å². The normalized spacial score (nSPS) is 20.4. The van der Waals surface area contributed by atoms with Crippen molar-refractivity contribution in [3.05, 3.63) is 11.8 Å². The summed E-state index contributed by atoms with van der Waals surface area (Å²) in [6, 6.07) is 0.254. The molecule has 2 atom stereocenters. The van der Waals surface area contributed by atoms with Crippen molar-refractivity contribution in [2.75, 3.05) is 18.1 Å². The van der Waals surface area contributed by atoms with Crippen LogP contribution in [-0.4, -0.2) is 40.2 Å². The lowest BCUT2D eigenvalue weighted by molar-refractivity contribution is -0.119. The largest absolute Gasteiger partial charge is 0.462 e. The number of ether oxygens (including phenoxy) is 1. The zero-order valence-corrected chi connectivity index (χ0v) is 14.9. The van der Waals surface area contributed by atoms with Crippen molar-refractivity contribution in [1.29, 1.82) is 0 Å². The van der Waals surface area contributed by atoms with E-state index in [1.165, 1.54) is 24.4 Å². The Kier molecular flexibility index (Phi) is 6.84. The SMILES string of the molecule is CCOC(=O)c1cnc(SCC(=O)N[C@@H]2CCCC[C@@H]2C)nc1N. The minimum absolute atomic E-state index is 0.0320. The Bertz CT molecular complexity index is 597. The third-order valence-electron chi connectivity index (χ3n) is 4.08. The maximum atomic E-state index is 12.1. The molecule has 132 valence electrons. The van der Waals surface area contributed by atoms with Crippen LogP contribution in [0, 0.1) is 5.92 Å². The molecule has 3 N–H and O–H groups in total. The molecule has 1 fully saturated rings. The van der Waals surface area contributed by atoms with Gasteiger partial charge in [0, 0.05) is 12.2 Å². The fourth-order valence-corrected chi connectivity index (χ4v) is 3.36. The van der Waals surface area contributed by atoms with Gasteiger partial charge in [0.05, 0.1) is 12.4 Å². The number of hydrogen-bond acceptors (Lipinski definition) is 7. The number of anilines is 1. The van der Waals surface area contributed by atoms with Gasteiger partial charge >= 0.3 is 5.97 Å². The van der Waals surface area contributed by atoms with Crippen LogP contribution in [0.4, 0.5) is 5.82 Å². The first-order valence-electron chi connectivity index (χ1n) is 8.23. The number of hydrogen-bond donors (Lipinski definition) is 2. The molecular weight excluding hydrogens is 328 g/mol. The van der Waals surface area contributed by atoms with Crippen molar-refractivity contribution < 1.29 is 14.3 Å². The van der Waals surface area contributed by atoms with Gasteiger partial charge < -0.3 is 15.8 Å². The van der Waals surface area contributed by atoms with Gasteiger partial charge in [-0.15, -0.1) is 0 Å². The zero-order valence-electron chi connectivity index (χ0n) is 14.1. The molecule has 1 saturated carbocycles. The number of carbonyl (C=O) groups excluding carboxylic acids is 2. The van der Waals surface area contributed by atoms with Crippen molar-refractivity contribution in [1.82, 2.24) is 15.3 Å². The number of amides is 1. The number of esters is 1. The fraction of sp³-hybridized carbons (Fsp3) is 0.625. The minimum atomic E-state index is -0.546. The first-order chi connectivity index (χ1) is 11.5. The van der Waals surface area contributed by atoms with E-state index in [1.807, 2.05) is 0 Å². The van der Waals surface area contributed by atoms with Gasteiger partial charge in [0.25, 0.3) is 0 Å². The first kappa shape index (κ1) is 18.5. The molecule has 0 aliphatic heterocycles. The van der Waals surface area contributed by atoms with Gasteiger partial charge in [-0.1, -0.05) is 31.5 Å². The van der Waals surface area contributed by atoms with Gasteiger partial charge in [-0.25, -0.2) is 14.8 Å². The Morgan fingerprint density at radius 2 is 2.17 bits per heavy atom. The summed E-state index contributed by atoms with van der Waals surface area (Å²) >= 11 is 1.20. The van der Waals surface area contributed by atoms with Crippen molar-refractivity contribution in [2.45, 2.75) is 50.7 Å². The molecule has 8 heteroatoms. The summed E-state index contributed by atoms with van der Waals surface area (Å²) in [6.45, 7) is 4.15. The summed E-state index contributed by atoms with van der Waals surface area (Å²) in [5.74, 6) is 0.225. The summed E-state index contributed by atoms with van der Waals surface area (Å²) in [6.07, 6.45) is 5.94. The number of thioether (sulfide) groups is 1. The van der Waals surface area contributed by atoms with E-state index in [0.717, 1.165) is 19.3 Å². The van der Waals surface area contributed by atoms with Crippen LogP contribution in [0.1, 0.15) is 49.9 Å². The van der Waals surface area contributed by atoms with E-state index in [1.54, 1.807) is 6.92 Å². The fourth-order valence-electron chi connectivity index (χ4n) is 2.72. The highest BCUT2D eigenvalue weighted by Gasteiger charge is 2.23. The van der Waals surface area contributed by atoms with Crippen molar-refractivity contribution in [3.63, 3.8) is 0 Å². The monoisotopic (exact) mass is 352 g/mol. The van der Waals surface area contributed by atoms with Crippen LogP contribution >= 0.6 is 11.8 Å². The van der Waals surface area contributed by atoms with Gasteiger partial charge in [0.15, 0.2) is 5.16 Å². The van der Waals surface area contributed by atoms with Crippen LogP contribution in [0.3, 0.4) is 0 Å². The van der Waals surface area contributed by atoms with Gasteiger partial charge in [0.1, 0.15) is 11.4 Å². The van der Waals surface area contributed by atoms with E-state index in [0.29, 0.717) is 11.1 Å². The second-order valence-corrected chi connectivity index (χ2v) is 6.84. The Labute approximate surface area is 146 Å². The number of carbonyl (C=O) groups is 2. The summed E-state index contributed by atoms with van der Waals surface area (Å²) in [7, 11) is 0. The molecule has 1 aromatic heterocycles. The lowest BCUT2D eigenvalue weighted by Gasteiger charge is -2.29. The minimum Gasteiger partial charge on any atom is -0.462 e. The highest BCUT2D eigenvalue weighted by atomic mass is 32.2. The predicted octanol–water partition coefficient (Wildman–Crippen LogP) is 2.02. The third-order valence-corrected chi connectivity index (χ3v) is 4.94. The maximum absolute atomic E-state index is 12.1. The Morgan fingerprint density at radius 3 is 2.83 bits per heavy atom. The smallest absolute Gasteiger partial charge is 0.343 e. The standard InChI is InChI=1S/C16H24N4O3S/c1-3-23-15(22)11-8-18-16(20-14(11)17)24-9-13(21)19-12-7-5-4-6-10(12)2/h8,10,12H,3-7,9H2,1-2H3,(H,19,21)(H2,17,18,20)/t10-,12+/m0/s1. The molecule has 0 saturated heterocycles. The van der Waals surface area contributed by atoms with Gasteiger partial charge in [0.2, 0.25) is 5.91 Å². The highest BCUT2D eigenvalue weighted by Crippen LogP contribution is 2.24. The number of nitrogen functional groups attached to an aromatic ring is 1. The molecule has 1 aromatic rings. The second-order valence-electron chi connectivity index (χ2n) is 5.90. The molecule has 0 unspecified atom stereocenters.